The number of likely N-dealkylation sites (N-methyl/N-ethyl adjacent to an activating group) is 1. The van der Waals surface area contributed by atoms with Gasteiger partial charge in [0.05, 0.1) is 12.2 Å². The van der Waals surface area contributed by atoms with Gasteiger partial charge in [-0.15, -0.1) is 0 Å². The van der Waals surface area contributed by atoms with Gasteiger partial charge in [0.25, 0.3) is 10.2 Å². The maximum atomic E-state index is 11.5. The van der Waals surface area contributed by atoms with Crippen molar-refractivity contribution in [2.75, 3.05) is 33.9 Å². The molecule has 0 saturated heterocycles. The molecular weight excluding hydrogens is 220 g/mol. The van der Waals surface area contributed by atoms with Crippen molar-refractivity contribution < 1.29 is 18.3 Å². The zero-order chi connectivity index (χ0) is 12.1. The van der Waals surface area contributed by atoms with Gasteiger partial charge in [0.1, 0.15) is 0 Å². The largest absolute Gasteiger partial charge is 0.389 e. The van der Waals surface area contributed by atoms with Gasteiger partial charge in [-0.1, -0.05) is 0 Å². The van der Waals surface area contributed by atoms with Crippen LogP contribution in [0.3, 0.4) is 0 Å². The Morgan fingerprint density at radius 1 is 1.47 bits per heavy atom. The molecule has 0 saturated carbocycles. The fraction of sp³-hybridized carbons (Fsp3) is 1.00. The number of hydrogen-bond acceptors (Lipinski definition) is 4. The molecule has 6 nitrogen and oxygen atoms in total. The molecule has 0 bridgehead atoms. The third-order valence-corrected chi connectivity index (χ3v) is 3.13. The van der Waals surface area contributed by atoms with Crippen LogP contribution in [-0.2, 0) is 14.9 Å². The van der Waals surface area contributed by atoms with Gasteiger partial charge in [-0.25, -0.2) is 0 Å². The molecule has 0 radical (unpaired) electrons. The second kappa shape index (κ2) is 5.76. The highest BCUT2D eigenvalue weighted by Gasteiger charge is 2.23. The zero-order valence-electron chi connectivity index (χ0n) is 9.65. The number of methoxy groups -OCH3 is 1. The number of hydrogen-bond donors (Lipinski definition) is 2. The van der Waals surface area contributed by atoms with Crippen molar-refractivity contribution >= 4 is 10.2 Å². The first kappa shape index (κ1) is 14.8. The first-order valence-corrected chi connectivity index (χ1v) is 6.05. The molecule has 0 unspecified atom stereocenters. The molecule has 0 aromatic carbocycles. The number of ether oxygens (including phenoxy) is 1. The summed E-state index contributed by atoms with van der Waals surface area (Å²) in [5.74, 6) is 0. The molecule has 92 valence electrons. The quantitative estimate of drug-likeness (QED) is 0.569. The normalized spacial score (nSPS) is 13.5. The van der Waals surface area contributed by atoms with E-state index in [0.29, 0.717) is 6.61 Å². The minimum Gasteiger partial charge on any atom is -0.389 e. The lowest BCUT2D eigenvalue weighted by atomic mass is 10.1. The van der Waals surface area contributed by atoms with Crippen molar-refractivity contribution in [2.45, 2.75) is 19.4 Å². The van der Waals surface area contributed by atoms with E-state index in [9.17, 15) is 13.5 Å². The Hall–Kier alpha value is -0.210. The number of aliphatic hydroxyl groups is 1. The van der Waals surface area contributed by atoms with E-state index in [2.05, 4.69) is 4.72 Å². The number of nitrogens with zero attached hydrogens (tertiary/aromatic N) is 1. The van der Waals surface area contributed by atoms with Crippen LogP contribution < -0.4 is 4.72 Å². The number of rotatable bonds is 7. The van der Waals surface area contributed by atoms with E-state index >= 15 is 0 Å². The second-order valence-electron chi connectivity index (χ2n) is 3.96. The molecule has 0 rings (SSSR count). The summed E-state index contributed by atoms with van der Waals surface area (Å²) in [4.78, 5) is 0. The molecule has 0 spiro atoms. The lowest BCUT2D eigenvalue weighted by Crippen LogP contribution is -2.45. The maximum absolute atomic E-state index is 11.5. The monoisotopic (exact) mass is 240 g/mol. The SMILES string of the molecule is COCCNS(=O)(=O)N(C)CC(C)(C)O. The van der Waals surface area contributed by atoms with Gasteiger partial charge >= 0.3 is 0 Å². The van der Waals surface area contributed by atoms with E-state index in [-0.39, 0.29) is 13.1 Å². The van der Waals surface area contributed by atoms with Crippen molar-refractivity contribution in [3.8, 4) is 0 Å². The van der Waals surface area contributed by atoms with E-state index in [0.717, 1.165) is 4.31 Å². The van der Waals surface area contributed by atoms with Crippen LogP contribution in [0.25, 0.3) is 0 Å². The van der Waals surface area contributed by atoms with E-state index in [1.165, 1.54) is 14.2 Å². The predicted molar refractivity (Wildman–Crippen MR) is 57.7 cm³/mol. The second-order valence-corrected chi connectivity index (χ2v) is 5.82. The molecule has 0 aliphatic carbocycles. The molecule has 0 aliphatic rings. The average Bonchev–Trinajstić information content (AvgIpc) is 2.01. The van der Waals surface area contributed by atoms with Crippen LogP contribution in [0.1, 0.15) is 13.8 Å². The molecule has 2 N–H and O–H groups in total. The summed E-state index contributed by atoms with van der Waals surface area (Å²) in [6, 6.07) is 0. The maximum Gasteiger partial charge on any atom is 0.279 e. The van der Waals surface area contributed by atoms with Crippen molar-refractivity contribution in [3.05, 3.63) is 0 Å². The van der Waals surface area contributed by atoms with Gasteiger partial charge in [0.15, 0.2) is 0 Å². The molecule has 0 heterocycles. The summed E-state index contributed by atoms with van der Waals surface area (Å²) >= 11 is 0. The summed E-state index contributed by atoms with van der Waals surface area (Å²) < 4.78 is 31.2. The highest BCUT2D eigenvalue weighted by molar-refractivity contribution is 7.87. The first-order chi connectivity index (χ1) is 6.69. The standard InChI is InChI=1S/C8H20N2O4S/c1-8(2,11)7-10(3)15(12,13)9-5-6-14-4/h9,11H,5-7H2,1-4H3. The van der Waals surface area contributed by atoms with Crippen LogP contribution in [-0.4, -0.2) is 57.3 Å². The van der Waals surface area contributed by atoms with E-state index in [1.807, 2.05) is 0 Å². The lowest BCUT2D eigenvalue weighted by molar-refractivity contribution is 0.0636. The van der Waals surface area contributed by atoms with Gasteiger partial charge in [0.2, 0.25) is 0 Å². The smallest absolute Gasteiger partial charge is 0.279 e. The van der Waals surface area contributed by atoms with Crippen molar-refractivity contribution in [1.29, 1.82) is 0 Å². The zero-order valence-corrected chi connectivity index (χ0v) is 10.5. The van der Waals surface area contributed by atoms with Gasteiger partial charge in [-0.3, -0.25) is 0 Å². The summed E-state index contributed by atoms with van der Waals surface area (Å²) in [6.07, 6.45) is 0. The van der Waals surface area contributed by atoms with Crippen molar-refractivity contribution in [3.63, 3.8) is 0 Å². The molecule has 15 heavy (non-hydrogen) atoms. The Bertz CT molecular complexity index is 271. The predicted octanol–water partition coefficient (Wildman–Crippen LogP) is -0.830. The summed E-state index contributed by atoms with van der Waals surface area (Å²) in [7, 11) is -0.618. The van der Waals surface area contributed by atoms with Gasteiger partial charge in [0, 0.05) is 27.2 Å². The minimum absolute atomic E-state index is 0.0370. The van der Waals surface area contributed by atoms with Crippen molar-refractivity contribution in [2.24, 2.45) is 0 Å². The summed E-state index contributed by atoms with van der Waals surface area (Å²) in [5.41, 5.74) is -1.05. The molecule has 0 aliphatic heterocycles. The molecule has 0 atom stereocenters. The Morgan fingerprint density at radius 3 is 2.40 bits per heavy atom. The Kier molecular flexibility index (Phi) is 5.68. The van der Waals surface area contributed by atoms with Crippen LogP contribution in [0.15, 0.2) is 0 Å². The molecule has 0 amide bonds. The van der Waals surface area contributed by atoms with Crippen LogP contribution in [0, 0.1) is 0 Å². The minimum atomic E-state index is -3.52. The fourth-order valence-corrected chi connectivity index (χ4v) is 2.06. The molecule has 0 aromatic rings. The Morgan fingerprint density at radius 2 is 2.00 bits per heavy atom. The Balaban J connectivity index is 4.21. The van der Waals surface area contributed by atoms with E-state index in [4.69, 9.17) is 4.74 Å². The lowest BCUT2D eigenvalue weighted by Gasteiger charge is -2.25. The summed E-state index contributed by atoms with van der Waals surface area (Å²) in [5, 5.41) is 9.46. The highest BCUT2D eigenvalue weighted by atomic mass is 32.2. The molecular formula is C8H20N2O4S. The van der Waals surface area contributed by atoms with E-state index < -0.39 is 15.8 Å². The van der Waals surface area contributed by atoms with Gasteiger partial charge in [-0.05, 0) is 13.8 Å². The van der Waals surface area contributed by atoms with Gasteiger partial charge < -0.3 is 9.84 Å². The fourth-order valence-electron chi connectivity index (χ4n) is 1.01. The van der Waals surface area contributed by atoms with Gasteiger partial charge in [-0.2, -0.15) is 17.4 Å². The molecule has 7 heteroatoms. The number of nitrogens with one attached hydrogen (secondary N) is 1. The third-order valence-electron chi connectivity index (χ3n) is 1.61. The molecule has 0 fully saturated rings. The highest BCUT2D eigenvalue weighted by Crippen LogP contribution is 2.05. The Labute approximate surface area is 91.4 Å². The van der Waals surface area contributed by atoms with Crippen LogP contribution in [0.4, 0.5) is 0 Å². The van der Waals surface area contributed by atoms with Crippen LogP contribution in [0.2, 0.25) is 0 Å². The van der Waals surface area contributed by atoms with E-state index in [1.54, 1.807) is 13.8 Å². The third kappa shape index (κ3) is 6.80. The first-order valence-electron chi connectivity index (χ1n) is 4.61. The van der Waals surface area contributed by atoms with Crippen LogP contribution in [0.5, 0.6) is 0 Å². The average molecular weight is 240 g/mol. The molecule has 0 aromatic heterocycles. The topological polar surface area (TPSA) is 78.9 Å². The van der Waals surface area contributed by atoms with Crippen molar-refractivity contribution in [1.82, 2.24) is 9.03 Å². The summed E-state index contributed by atoms with van der Waals surface area (Å²) in [6.45, 7) is 3.67. The van der Waals surface area contributed by atoms with Crippen LogP contribution >= 0.6 is 0 Å².